The minimum absolute atomic E-state index is 0.277. The summed E-state index contributed by atoms with van der Waals surface area (Å²) in [6, 6.07) is 10.6. The lowest BCUT2D eigenvalue weighted by atomic mass is 10.1. The van der Waals surface area contributed by atoms with Gasteiger partial charge >= 0.3 is 0 Å². The van der Waals surface area contributed by atoms with Gasteiger partial charge in [0.05, 0.1) is 29.5 Å². The van der Waals surface area contributed by atoms with Crippen LogP contribution in [0.4, 0.5) is 11.5 Å². The van der Waals surface area contributed by atoms with Crippen LogP contribution in [0.25, 0.3) is 21.9 Å². The molecule has 2 saturated heterocycles. The molecule has 0 saturated carbocycles. The summed E-state index contributed by atoms with van der Waals surface area (Å²) in [5.41, 5.74) is 2.44. The molecule has 12 nitrogen and oxygen atoms in total. The Labute approximate surface area is 269 Å². The second-order valence-electron chi connectivity index (χ2n) is 11.6. The number of nitrogens with one attached hydrogen (secondary N) is 2. The highest BCUT2D eigenvalue weighted by Gasteiger charge is 2.24. The molecule has 0 unspecified atom stereocenters. The van der Waals surface area contributed by atoms with Crippen molar-refractivity contribution in [2.75, 3.05) is 96.1 Å². The highest BCUT2D eigenvalue weighted by Crippen LogP contribution is 2.38. The molecule has 45 heavy (non-hydrogen) atoms. The molecular formula is C31H40N8O4S2. The van der Waals surface area contributed by atoms with Crippen LogP contribution in [0.1, 0.15) is 6.42 Å². The van der Waals surface area contributed by atoms with Crippen LogP contribution in [0, 0.1) is 0 Å². The lowest BCUT2D eigenvalue weighted by molar-refractivity contribution is 0.145. The zero-order valence-corrected chi connectivity index (χ0v) is 27.6. The third-order valence-electron chi connectivity index (χ3n) is 8.53. The van der Waals surface area contributed by atoms with Gasteiger partial charge in [0.2, 0.25) is 0 Å². The standard InChI is InChI=1S/C31H40N8O4S2/c1-36-10-12-37(13-11-36)9-4-18-43-27-20-25-24(19-26(27)42-2)28-29(35-25)32-21-33-30(28)38-14-16-39(17-15-38)31(44)34-22-5-7-23(8-6-22)45(3,40)41/h5-8,19-21H,4,9-18H2,1-3H3,(H,34,44)(H,32,33,35). The third-order valence-corrected chi connectivity index (χ3v) is 10.0. The van der Waals surface area contributed by atoms with E-state index in [1.165, 1.54) is 6.26 Å². The zero-order chi connectivity index (χ0) is 31.6. The number of aromatic amines is 1. The van der Waals surface area contributed by atoms with Crippen molar-refractivity contribution in [1.29, 1.82) is 0 Å². The average molecular weight is 653 g/mol. The smallest absolute Gasteiger partial charge is 0.175 e. The summed E-state index contributed by atoms with van der Waals surface area (Å²) in [5, 5.41) is 5.77. The quantitative estimate of drug-likeness (QED) is 0.204. The summed E-state index contributed by atoms with van der Waals surface area (Å²) >= 11 is 5.68. The number of fused-ring (bicyclic) bond motifs is 3. The third kappa shape index (κ3) is 7.08. The number of rotatable bonds is 9. The van der Waals surface area contributed by atoms with Gasteiger partial charge < -0.3 is 39.4 Å². The highest BCUT2D eigenvalue weighted by atomic mass is 32.2. The number of aromatic nitrogens is 3. The maximum Gasteiger partial charge on any atom is 0.175 e. The van der Waals surface area contributed by atoms with Crippen molar-refractivity contribution < 1.29 is 17.9 Å². The predicted octanol–water partition coefficient (Wildman–Crippen LogP) is 3.06. The average Bonchev–Trinajstić information content (AvgIpc) is 3.41. The van der Waals surface area contributed by atoms with Crippen molar-refractivity contribution in [2.24, 2.45) is 0 Å². The second kappa shape index (κ2) is 13.3. The number of hydrogen-bond donors (Lipinski definition) is 2. The Morgan fingerprint density at radius 1 is 1.00 bits per heavy atom. The zero-order valence-electron chi connectivity index (χ0n) is 26.0. The van der Waals surface area contributed by atoms with E-state index in [0.717, 1.165) is 85.7 Å². The van der Waals surface area contributed by atoms with Crippen molar-refractivity contribution in [3.63, 3.8) is 0 Å². The van der Waals surface area contributed by atoms with Crippen LogP contribution < -0.4 is 19.7 Å². The molecule has 4 aromatic rings. The number of piperazine rings is 2. The second-order valence-corrected chi connectivity index (χ2v) is 14.0. The van der Waals surface area contributed by atoms with Crippen LogP contribution in [0.15, 0.2) is 47.6 Å². The van der Waals surface area contributed by atoms with Crippen molar-refractivity contribution in [3.05, 3.63) is 42.7 Å². The first-order valence-electron chi connectivity index (χ1n) is 15.2. The molecule has 0 amide bonds. The molecule has 0 aliphatic carbocycles. The fraction of sp³-hybridized carbons (Fsp3) is 0.452. The molecule has 0 radical (unpaired) electrons. The highest BCUT2D eigenvalue weighted by molar-refractivity contribution is 7.90. The van der Waals surface area contributed by atoms with E-state index >= 15 is 0 Å². The normalized spacial score (nSPS) is 16.8. The number of H-pyrrole nitrogens is 1. The Morgan fingerprint density at radius 2 is 1.73 bits per heavy atom. The van der Waals surface area contributed by atoms with E-state index in [2.05, 4.69) is 41.9 Å². The summed E-state index contributed by atoms with van der Waals surface area (Å²) in [6.07, 6.45) is 3.74. The molecule has 2 aliphatic heterocycles. The molecule has 4 heterocycles. The van der Waals surface area contributed by atoms with Crippen LogP contribution in [0.2, 0.25) is 0 Å². The largest absolute Gasteiger partial charge is 0.493 e. The van der Waals surface area contributed by atoms with Gasteiger partial charge in [-0.1, -0.05) is 0 Å². The lowest BCUT2D eigenvalue weighted by Gasteiger charge is -2.37. The van der Waals surface area contributed by atoms with E-state index in [4.69, 9.17) is 26.7 Å². The Bertz CT molecular complexity index is 1760. The molecule has 2 aromatic carbocycles. The Kier molecular flexibility index (Phi) is 9.26. The van der Waals surface area contributed by atoms with Crippen molar-refractivity contribution in [1.82, 2.24) is 29.7 Å². The maximum absolute atomic E-state index is 11.8. The van der Waals surface area contributed by atoms with Gasteiger partial charge in [-0.15, -0.1) is 0 Å². The van der Waals surface area contributed by atoms with Crippen LogP contribution in [0.5, 0.6) is 11.5 Å². The predicted molar refractivity (Wildman–Crippen MR) is 182 cm³/mol. The molecule has 0 atom stereocenters. The van der Waals surface area contributed by atoms with Gasteiger partial charge in [0.25, 0.3) is 0 Å². The molecule has 14 heteroatoms. The number of benzene rings is 2. The van der Waals surface area contributed by atoms with Gasteiger partial charge in [0.1, 0.15) is 17.8 Å². The van der Waals surface area contributed by atoms with Crippen molar-refractivity contribution >= 4 is 60.6 Å². The number of likely N-dealkylation sites (N-methyl/N-ethyl adjacent to an activating group) is 1. The van der Waals surface area contributed by atoms with Crippen LogP contribution >= 0.6 is 12.2 Å². The van der Waals surface area contributed by atoms with Gasteiger partial charge in [0, 0.05) is 82.3 Å². The number of anilines is 2. The summed E-state index contributed by atoms with van der Waals surface area (Å²) in [6.45, 7) is 8.93. The minimum Gasteiger partial charge on any atom is -0.493 e. The SMILES string of the molecule is COc1cc2c(cc1OCCCN1CCN(C)CC1)[nH]c1ncnc(N3CCN(C(=S)Nc4ccc(S(C)(=O)=O)cc4)CC3)c12. The lowest BCUT2D eigenvalue weighted by Crippen LogP contribution is -2.50. The number of thiocarbonyl (C=S) groups is 1. The molecule has 240 valence electrons. The monoisotopic (exact) mass is 652 g/mol. The summed E-state index contributed by atoms with van der Waals surface area (Å²) < 4.78 is 35.5. The van der Waals surface area contributed by atoms with Crippen molar-refractivity contribution in [3.8, 4) is 11.5 Å². The van der Waals surface area contributed by atoms with E-state index < -0.39 is 9.84 Å². The molecule has 2 aliphatic rings. The molecule has 2 N–H and O–H groups in total. The summed E-state index contributed by atoms with van der Waals surface area (Å²) in [5.74, 6) is 2.26. The van der Waals surface area contributed by atoms with E-state index in [0.29, 0.717) is 36.3 Å². The number of nitrogens with zero attached hydrogens (tertiary/aromatic N) is 6. The number of ether oxygens (including phenoxy) is 2. The summed E-state index contributed by atoms with van der Waals surface area (Å²) in [7, 11) is 0.592. The first-order chi connectivity index (χ1) is 21.7. The minimum atomic E-state index is -3.25. The van der Waals surface area contributed by atoms with E-state index in [-0.39, 0.29) is 4.90 Å². The Hall–Kier alpha value is -3.72. The van der Waals surface area contributed by atoms with Crippen LogP contribution in [0.3, 0.4) is 0 Å². The molecule has 0 spiro atoms. The van der Waals surface area contributed by atoms with Gasteiger partial charge in [-0.3, -0.25) is 0 Å². The first kappa shape index (κ1) is 31.3. The van der Waals surface area contributed by atoms with Gasteiger partial charge in [-0.05, 0) is 56.0 Å². The van der Waals surface area contributed by atoms with E-state index in [9.17, 15) is 8.42 Å². The van der Waals surface area contributed by atoms with Crippen molar-refractivity contribution in [2.45, 2.75) is 11.3 Å². The molecule has 2 fully saturated rings. The Morgan fingerprint density at radius 3 is 2.42 bits per heavy atom. The van der Waals surface area contributed by atoms with E-state index in [1.54, 1.807) is 37.7 Å². The molecule has 0 bridgehead atoms. The van der Waals surface area contributed by atoms with Gasteiger partial charge in [-0.2, -0.15) is 0 Å². The fourth-order valence-corrected chi connectivity index (χ4v) is 6.81. The first-order valence-corrected chi connectivity index (χ1v) is 17.5. The van der Waals surface area contributed by atoms with Gasteiger partial charge in [-0.25, -0.2) is 18.4 Å². The molecule has 6 rings (SSSR count). The maximum atomic E-state index is 11.8. The number of methoxy groups -OCH3 is 1. The topological polar surface area (TPSA) is 119 Å². The molecule has 2 aromatic heterocycles. The number of sulfone groups is 1. The fourth-order valence-electron chi connectivity index (χ4n) is 5.88. The van der Waals surface area contributed by atoms with E-state index in [1.807, 2.05) is 12.1 Å². The Balaban J connectivity index is 1.11. The van der Waals surface area contributed by atoms with Crippen LogP contribution in [-0.4, -0.2) is 129 Å². The van der Waals surface area contributed by atoms with Crippen LogP contribution in [-0.2, 0) is 9.84 Å². The number of hydrogen-bond acceptors (Lipinski definition) is 10. The van der Waals surface area contributed by atoms with Gasteiger partial charge in [0.15, 0.2) is 26.4 Å². The molecular weight excluding hydrogens is 613 g/mol. The summed E-state index contributed by atoms with van der Waals surface area (Å²) in [4.78, 5) is 22.2.